The zero-order chi connectivity index (χ0) is 19.4. The van der Waals surface area contributed by atoms with Crippen molar-refractivity contribution in [3.05, 3.63) is 66.0 Å². The van der Waals surface area contributed by atoms with Gasteiger partial charge in [0.25, 0.3) is 11.8 Å². The quantitative estimate of drug-likeness (QED) is 0.710. The number of anilines is 2. The standard InChI is InChI=1S/C21H15N3O4/c25-19-15-3-1-2-14-17(23-10-12(11-23)21(27)28)5-4-16(18(14)15)20(26)24(19)13-6-8-22-9-7-13/h1-9,12H,10-11H2,(H,27,28). The van der Waals surface area contributed by atoms with Crippen LogP contribution in [0.25, 0.3) is 10.8 Å². The Labute approximate surface area is 159 Å². The monoisotopic (exact) mass is 373 g/mol. The van der Waals surface area contributed by atoms with Crippen LogP contribution in [0.3, 0.4) is 0 Å². The molecule has 0 spiro atoms. The minimum atomic E-state index is -0.808. The number of carboxylic acids is 1. The summed E-state index contributed by atoms with van der Waals surface area (Å²) < 4.78 is 0. The van der Waals surface area contributed by atoms with E-state index in [-0.39, 0.29) is 11.8 Å². The molecule has 0 saturated carbocycles. The van der Waals surface area contributed by atoms with Gasteiger partial charge in [-0.15, -0.1) is 0 Å². The van der Waals surface area contributed by atoms with Crippen LogP contribution >= 0.6 is 0 Å². The molecule has 0 radical (unpaired) electrons. The number of benzene rings is 2. The van der Waals surface area contributed by atoms with Crippen LogP contribution in [-0.2, 0) is 4.79 Å². The number of imide groups is 1. The smallest absolute Gasteiger partial charge is 0.310 e. The lowest BCUT2D eigenvalue weighted by atomic mass is 9.90. The van der Waals surface area contributed by atoms with E-state index in [1.807, 2.05) is 17.0 Å². The molecule has 7 heteroatoms. The van der Waals surface area contributed by atoms with Crippen LogP contribution < -0.4 is 9.80 Å². The maximum Gasteiger partial charge on any atom is 0.310 e. The molecule has 2 aliphatic heterocycles. The van der Waals surface area contributed by atoms with Crippen LogP contribution in [-0.4, -0.2) is 41.0 Å². The first kappa shape index (κ1) is 16.4. The van der Waals surface area contributed by atoms with Gasteiger partial charge in [0, 0.05) is 53.1 Å². The third-order valence-corrected chi connectivity index (χ3v) is 5.38. The molecule has 7 nitrogen and oxygen atoms in total. The second kappa shape index (κ2) is 5.88. The highest BCUT2D eigenvalue weighted by Crippen LogP contribution is 2.39. The normalized spacial score (nSPS) is 16.4. The summed E-state index contributed by atoms with van der Waals surface area (Å²) in [6, 6.07) is 12.2. The van der Waals surface area contributed by atoms with Gasteiger partial charge < -0.3 is 10.0 Å². The molecule has 1 fully saturated rings. The van der Waals surface area contributed by atoms with E-state index in [4.69, 9.17) is 5.11 Å². The van der Waals surface area contributed by atoms with Crippen molar-refractivity contribution < 1.29 is 19.5 Å². The van der Waals surface area contributed by atoms with E-state index >= 15 is 0 Å². The van der Waals surface area contributed by atoms with Gasteiger partial charge >= 0.3 is 5.97 Å². The number of amides is 2. The highest BCUT2D eigenvalue weighted by molar-refractivity contribution is 6.36. The summed E-state index contributed by atoms with van der Waals surface area (Å²) in [7, 11) is 0. The molecule has 3 heterocycles. The minimum absolute atomic E-state index is 0.376. The Balaban J connectivity index is 1.64. The van der Waals surface area contributed by atoms with Gasteiger partial charge in [-0.2, -0.15) is 0 Å². The van der Waals surface area contributed by atoms with Gasteiger partial charge in [0.15, 0.2) is 0 Å². The van der Waals surface area contributed by atoms with E-state index in [2.05, 4.69) is 4.98 Å². The first-order valence-electron chi connectivity index (χ1n) is 8.88. The molecule has 1 saturated heterocycles. The number of carboxylic acid groups (broad SMARTS) is 1. The number of nitrogens with zero attached hydrogens (tertiary/aromatic N) is 3. The Bertz CT molecular complexity index is 1130. The Morgan fingerprint density at radius 1 is 0.964 bits per heavy atom. The molecule has 0 unspecified atom stereocenters. The minimum Gasteiger partial charge on any atom is -0.481 e. The molecule has 1 aromatic heterocycles. The molecule has 5 rings (SSSR count). The number of pyridine rings is 1. The predicted molar refractivity (Wildman–Crippen MR) is 103 cm³/mol. The first-order valence-corrected chi connectivity index (χ1v) is 8.88. The Morgan fingerprint density at radius 2 is 1.64 bits per heavy atom. The predicted octanol–water partition coefficient (Wildman–Crippen LogP) is 2.56. The average Bonchev–Trinajstić information content (AvgIpc) is 2.66. The van der Waals surface area contributed by atoms with E-state index in [1.54, 1.807) is 30.3 Å². The van der Waals surface area contributed by atoms with Crippen molar-refractivity contribution in [1.29, 1.82) is 0 Å². The van der Waals surface area contributed by atoms with Crippen LogP contribution in [0.1, 0.15) is 20.7 Å². The van der Waals surface area contributed by atoms with E-state index in [0.717, 1.165) is 11.1 Å². The summed E-state index contributed by atoms with van der Waals surface area (Å²) in [5.41, 5.74) is 2.24. The van der Waals surface area contributed by atoms with E-state index in [1.165, 1.54) is 17.3 Å². The van der Waals surface area contributed by atoms with Crippen molar-refractivity contribution in [1.82, 2.24) is 4.98 Å². The van der Waals surface area contributed by atoms with Crippen molar-refractivity contribution in [2.75, 3.05) is 22.9 Å². The number of carbonyl (C=O) groups excluding carboxylic acids is 2. The molecular formula is C21H15N3O4. The fourth-order valence-corrected chi connectivity index (χ4v) is 3.92. The molecule has 138 valence electrons. The highest BCUT2D eigenvalue weighted by Gasteiger charge is 2.37. The van der Waals surface area contributed by atoms with Gasteiger partial charge in [-0.3, -0.25) is 19.4 Å². The zero-order valence-corrected chi connectivity index (χ0v) is 14.7. The molecule has 2 aliphatic rings. The van der Waals surface area contributed by atoms with Crippen LogP contribution in [0.4, 0.5) is 11.4 Å². The molecule has 0 aliphatic carbocycles. The van der Waals surface area contributed by atoms with E-state index in [0.29, 0.717) is 35.3 Å². The average molecular weight is 373 g/mol. The summed E-state index contributed by atoms with van der Waals surface area (Å²) in [6.45, 7) is 0.831. The molecule has 2 aromatic carbocycles. The van der Waals surface area contributed by atoms with Crippen LogP contribution in [0.2, 0.25) is 0 Å². The lowest BCUT2D eigenvalue weighted by molar-refractivity contribution is -0.142. The fourth-order valence-electron chi connectivity index (χ4n) is 3.92. The van der Waals surface area contributed by atoms with Crippen molar-refractivity contribution >= 4 is 39.9 Å². The van der Waals surface area contributed by atoms with Crippen molar-refractivity contribution in [2.45, 2.75) is 0 Å². The molecule has 0 bridgehead atoms. The third kappa shape index (κ3) is 2.22. The third-order valence-electron chi connectivity index (χ3n) is 5.38. The highest BCUT2D eigenvalue weighted by atomic mass is 16.4. The Morgan fingerprint density at radius 3 is 2.32 bits per heavy atom. The lowest BCUT2D eigenvalue weighted by Gasteiger charge is -2.39. The van der Waals surface area contributed by atoms with Crippen molar-refractivity contribution in [3.8, 4) is 0 Å². The Kier molecular flexibility index (Phi) is 3.45. The number of aliphatic carboxylic acids is 1. The topological polar surface area (TPSA) is 90.8 Å². The van der Waals surface area contributed by atoms with Crippen molar-refractivity contribution in [3.63, 3.8) is 0 Å². The number of rotatable bonds is 3. The fraction of sp³-hybridized carbons (Fsp3) is 0.143. The number of hydrogen-bond donors (Lipinski definition) is 1. The lowest BCUT2D eigenvalue weighted by Crippen LogP contribution is -2.50. The molecule has 1 N–H and O–H groups in total. The first-order chi connectivity index (χ1) is 13.6. The molecule has 3 aromatic rings. The van der Waals surface area contributed by atoms with Crippen LogP contribution in [0.15, 0.2) is 54.9 Å². The van der Waals surface area contributed by atoms with Gasteiger partial charge in [-0.05, 0) is 30.3 Å². The molecule has 2 amide bonds. The summed E-state index contributed by atoms with van der Waals surface area (Å²) in [4.78, 5) is 44.4. The maximum atomic E-state index is 13.1. The number of aromatic nitrogens is 1. The number of hydrogen-bond acceptors (Lipinski definition) is 5. The molecule has 28 heavy (non-hydrogen) atoms. The SMILES string of the molecule is O=C(O)C1CN(c2ccc3c4c(cccc24)C(=O)N(c2ccncc2)C3=O)C1. The zero-order valence-electron chi connectivity index (χ0n) is 14.7. The molecular weight excluding hydrogens is 358 g/mol. The summed E-state index contributed by atoms with van der Waals surface area (Å²) in [6.07, 6.45) is 3.08. The van der Waals surface area contributed by atoms with E-state index in [9.17, 15) is 14.4 Å². The van der Waals surface area contributed by atoms with Crippen LogP contribution in [0, 0.1) is 5.92 Å². The second-order valence-corrected chi connectivity index (χ2v) is 6.95. The maximum absolute atomic E-state index is 13.1. The number of carbonyl (C=O) groups is 3. The van der Waals surface area contributed by atoms with Gasteiger partial charge in [0.2, 0.25) is 0 Å². The van der Waals surface area contributed by atoms with Crippen molar-refractivity contribution in [2.24, 2.45) is 5.92 Å². The summed E-state index contributed by atoms with van der Waals surface area (Å²) in [5.74, 6) is -1.95. The largest absolute Gasteiger partial charge is 0.481 e. The van der Waals surface area contributed by atoms with Crippen LogP contribution in [0.5, 0.6) is 0 Å². The van der Waals surface area contributed by atoms with Gasteiger partial charge in [-0.25, -0.2) is 4.90 Å². The van der Waals surface area contributed by atoms with Gasteiger partial charge in [0.1, 0.15) is 0 Å². The van der Waals surface area contributed by atoms with E-state index < -0.39 is 11.9 Å². The summed E-state index contributed by atoms with van der Waals surface area (Å²) >= 11 is 0. The van der Waals surface area contributed by atoms with Gasteiger partial charge in [0.05, 0.1) is 11.6 Å². The Hall–Kier alpha value is -3.74. The summed E-state index contributed by atoms with van der Waals surface area (Å²) in [5, 5.41) is 10.5. The molecule has 0 atom stereocenters. The van der Waals surface area contributed by atoms with Gasteiger partial charge in [-0.1, -0.05) is 12.1 Å². The second-order valence-electron chi connectivity index (χ2n) is 6.95.